The van der Waals surface area contributed by atoms with Gasteiger partial charge in [0.1, 0.15) is 10.9 Å². The second kappa shape index (κ2) is 6.96. The Kier molecular flexibility index (Phi) is 5.06. The zero-order valence-electron chi connectivity index (χ0n) is 13.4. The molecule has 0 fully saturated rings. The Bertz CT molecular complexity index is 931. The summed E-state index contributed by atoms with van der Waals surface area (Å²) in [6, 6.07) is 10.9. The van der Waals surface area contributed by atoms with Crippen molar-refractivity contribution in [2.75, 3.05) is 7.05 Å². The van der Waals surface area contributed by atoms with Gasteiger partial charge >= 0.3 is 0 Å². The van der Waals surface area contributed by atoms with Gasteiger partial charge in [-0.3, -0.25) is 4.79 Å². The molecule has 132 valence electrons. The highest BCUT2D eigenvalue weighted by Gasteiger charge is 2.40. The first kappa shape index (κ1) is 18.2. The molecule has 0 aliphatic carbocycles. The number of rotatable bonds is 3. The van der Waals surface area contributed by atoms with Crippen LogP contribution in [-0.4, -0.2) is 31.7 Å². The van der Waals surface area contributed by atoms with E-state index in [1.807, 2.05) is 24.3 Å². The van der Waals surface area contributed by atoms with Gasteiger partial charge in [-0.1, -0.05) is 47.5 Å². The topological polar surface area (TPSA) is 66.5 Å². The van der Waals surface area contributed by atoms with Crippen molar-refractivity contribution in [3.63, 3.8) is 0 Å². The van der Waals surface area contributed by atoms with Gasteiger partial charge in [0.05, 0.1) is 5.02 Å². The second-order valence-corrected chi connectivity index (χ2v) is 8.43. The Morgan fingerprint density at radius 2 is 1.84 bits per heavy atom. The third-order valence-corrected chi connectivity index (χ3v) is 6.81. The summed E-state index contributed by atoms with van der Waals surface area (Å²) in [6.45, 7) is 0.0967. The van der Waals surface area contributed by atoms with Crippen molar-refractivity contribution >= 4 is 39.1 Å². The number of hydrogen-bond donors (Lipinski definition) is 1. The molecule has 0 spiro atoms. The van der Waals surface area contributed by atoms with Crippen LogP contribution in [0, 0.1) is 0 Å². The third kappa shape index (κ3) is 3.40. The zero-order chi connectivity index (χ0) is 18.2. The van der Waals surface area contributed by atoms with Gasteiger partial charge in [-0.05, 0) is 35.7 Å². The van der Waals surface area contributed by atoms with Gasteiger partial charge in [0.15, 0.2) is 0 Å². The zero-order valence-corrected chi connectivity index (χ0v) is 15.7. The molecule has 1 aliphatic heterocycles. The highest BCUT2D eigenvalue weighted by Crippen LogP contribution is 2.33. The van der Waals surface area contributed by atoms with Crippen LogP contribution < -0.4 is 5.32 Å². The maximum Gasteiger partial charge on any atom is 0.245 e. The van der Waals surface area contributed by atoms with Crippen molar-refractivity contribution in [2.45, 2.75) is 23.9 Å². The molecule has 0 radical (unpaired) electrons. The number of sulfonamides is 1. The lowest BCUT2D eigenvalue weighted by molar-refractivity contribution is -0.124. The van der Waals surface area contributed by atoms with Crippen LogP contribution in [0.1, 0.15) is 11.1 Å². The molecular formula is C17H16Cl2N2O3S. The van der Waals surface area contributed by atoms with Crippen molar-refractivity contribution in [1.29, 1.82) is 0 Å². The Morgan fingerprint density at radius 1 is 1.16 bits per heavy atom. The molecule has 8 heteroatoms. The molecule has 2 aromatic carbocycles. The smallest absolute Gasteiger partial charge is 0.245 e. The largest absolute Gasteiger partial charge is 0.358 e. The lowest BCUT2D eigenvalue weighted by Crippen LogP contribution is -2.51. The van der Waals surface area contributed by atoms with E-state index in [1.54, 1.807) is 0 Å². The van der Waals surface area contributed by atoms with Gasteiger partial charge in [0, 0.05) is 18.6 Å². The molecule has 0 unspecified atom stereocenters. The number of hydrogen-bond acceptors (Lipinski definition) is 3. The number of amides is 1. The van der Waals surface area contributed by atoms with Crippen LogP contribution in [0.4, 0.5) is 0 Å². The van der Waals surface area contributed by atoms with Crippen LogP contribution in [0.2, 0.25) is 10.0 Å². The normalized spacial score (nSPS) is 17.8. The number of likely N-dealkylation sites (N-methyl/N-ethyl adjacent to an activating group) is 1. The highest BCUT2D eigenvalue weighted by molar-refractivity contribution is 7.89. The van der Waals surface area contributed by atoms with E-state index in [0.717, 1.165) is 11.1 Å². The van der Waals surface area contributed by atoms with E-state index in [0.29, 0.717) is 6.42 Å². The molecule has 2 aromatic rings. The molecule has 0 bridgehead atoms. The van der Waals surface area contributed by atoms with E-state index in [-0.39, 0.29) is 27.4 Å². The molecule has 25 heavy (non-hydrogen) atoms. The van der Waals surface area contributed by atoms with Crippen LogP contribution in [0.15, 0.2) is 47.4 Å². The van der Waals surface area contributed by atoms with Crippen LogP contribution in [0.25, 0.3) is 0 Å². The lowest BCUT2D eigenvalue weighted by atomic mass is 9.95. The maximum atomic E-state index is 13.2. The molecule has 1 N–H and O–H groups in total. The standard InChI is InChI=1S/C17H16Cl2N2O3S/c1-20-17(22)15-8-11-4-2-3-5-12(11)10-21(15)25(23,24)16-9-13(18)6-7-14(16)19/h2-7,9,15H,8,10H2,1H3,(H,20,22)/t15-/m0/s1. The van der Waals surface area contributed by atoms with Crippen LogP contribution in [0.3, 0.4) is 0 Å². The first-order valence-electron chi connectivity index (χ1n) is 7.60. The van der Waals surface area contributed by atoms with Gasteiger partial charge < -0.3 is 5.32 Å². The number of carbonyl (C=O) groups is 1. The molecular weight excluding hydrogens is 383 g/mol. The first-order chi connectivity index (χ1) is 11.8. The summed E-state index contributed by atoms with van der Waals surface area (Å²) in [5.74, 6) is -0.365. The Balaban J connectivity index is 2.11. The quantitative estimate of drug-likeness (QED) is 0.863. The Labute approximate surface area is 156 Å². The molecule has 1 heterocycles. The fourth-order valence-corrected chi connectivity index (χ4v) is 5.25. The van der Waals surface area contributed by atoms with Gasteiger partial charge in [-0.2, -0.15) is 4.31 Å². The molecule has 1 amide bonds. The lowest BCUT2D eigenvalue weighted by Gasteiger charge is -2.34. The van der Waals surface area contributed by atoms with Gasteiger partial charge in [-0.25, -0.2) is 8.42 Å². The van der Waals surface area contributed by atoms with Gasteiger partial charge in [0.2, 0.25) is 15.9 Å². The van der Waals surface area contributed by atoms with Crippen LogP contribution >= 0.6 is 23.2 Å². The maximum absolute atomic E-state index is 13.2. The highest BCUT2D eigenvalue weighted by atomic mass is 35.5. The molecule has 0 saturated carbocycles. The molecule has 3 rings (SSSR count). The Morgan fingerprint density at radius 3 is 2.52 bits per heavy atom. The van der Waals surface area contributed by atoms with E-state index < -0.39 is 16.1 Å². The van der Waals surface area contributed by atoms with E-state index >= 15 is 0 Å². The number of carbonyl (C=O) groups excluding carboxylic acids is 1. The third-order valence-electron chi connectivity index (χ3n) is 4.23. The number of nitrogens with zero attached hydrogens (tertiary/aromatic N) is 1. The number of halogens is 2. The van der Waals surface area contributed by atoms with E-state index in [1.165, 1.54) is 29.6 Å². The van der Waals surface area contributed by atoms with Gasteiger partial charge in [-0.15, -0.1) is 0 Å². The van der Waals surface area contributed by atoms with Crippen molar-refractivity contribution in [3.8, 4) is 0 Å². The molecule has 0 saturated heterocycles. The number of nitrogens with one attached hydrogen (secondary N) is 1. The van der Waals surface area contributed by atoms with Crippen molar-refractivity contribution in [1.82, 2.24) is 9.62 Å². The number of benzene rings is 2. The predicted octanol–water partition coefficient (Wildman–Crippen LogP) is 2.86. The second-order valence-electron chi connectivity index (χ2n) is 5.73. The molecule has 5 nitrogen and oxygen atoms in total. The molecule has 1 atom stereocenters. The fraction of sp³-hybridized carbons (Fsp3) is 0.235. The fourth-order valence-electron chi connectivity index (χ4n) is 2.94. The summed E-state index contributed by atoms with van der Waals surface area (Å²) in [5, 5.41) is 2.87. The molecule has 1 aliphatic rings. The number of fused-ring (bicyclic) bond motifs is 1. The minimum atomic E-state index is -4.01. The van der Waals surface area contributed by atoms with Crippen molar-refractivity contribution < 1.29 is 13.2 Å². The summed E-state index contributed by atoms with van der Waals surface area (Å²) in [5.41, 5.74) is 1.82. The van der Waals surface area contributed by atoms with Crippen molar-refractivity contribution in [2.24, 2.45) is 0 Å². The summed E-state index contributed by atoms with van der Waals surface area (Å²) in [7, 11) is -2.52. The van der Waals surface area contributed by atoms with Crippen LogP contribution in [0.5, 0.6) is 0 Å². The first-order valence-corrected chi connectivity index (χ1v) is 9.79. The van der Waals surface area contributed by atoms with E-state index in [9.17, 15) is 13.2 Å². The summed E-state index contributed by atoms with van der Waals surface area (Å²) >= 11 is 12.0. The van der Waals surface area contributed by atoms with Crippen molar-refractivity contribution in [3.05, 3.63) is 63.6 Å². The summed E-state index contributed by atoms with van der Waals surface area (Å²) in [4.78, 5) is 12.2. The van der Waals surface area contributed by atoms with Crippen LogP contribution in [-0.2, 0) is 27.8 Å². The summed E-state index contributed by atoms with van der Waals surface area (Å²) < 4.78 is 27.6. The summed E-state index contributed by atoms with van der Waals surface area (Å²) in [6.07, 6.45) is 0.299. The van der Waals surface area contributed by atoms with E-state index in [2.05, 4.69) is 5.32 Å². The average Bonchev–Trinajstić information content (AvgIpc) is 2.61. The predicted molar refractivity (Wildman–Crippen MR) is 97.2 cm³/mol. The minimum absolute atomic E-state index is 0.0684. The Hall–Kier alpha value is -1.60. The SMILES string of the molecule is CNC(=O)[C@@H]1Cc2ccccc2CN1S(=O)(=O)c1cc(Cl)ccc1Cl. The molecule has 0 aromatic heterocycles. The average molecular weight is 399 g/mol. The monoisotopic (exact) mass is 398 g/mol. The van der Waals surface area contributed by atoms with Gasteiger partial charge in [0.25, 0.3) is 0 Å². The minimum Gasteiger partial charge on any atom is -0.358 e. The van der Waals surface area contributed by atoms with E-state index in [4.69, 9.17) is 23.2 Å².